The Hall–Kier alpha value is -7.33. The van der Waals surface area contributed by atoms with Gasteiger partial charge in [-0.2, -0.15) is 0 Å². The molecule has 0 saturated carbocycles. The molecule has 12 rings (SSSR count). The predicted molar refractivity (Wildman–Crippen MR) is 242 cm³/mol. The first-order valence-corrected chi connectivity index (χ1v) is 20.5. The van der Waals surface area contributed by atoms with Crippen molar-refractivity contribution in [3.63, 3.8) is 0 Å². The van der Waals surface area contributed by atoms with E-state index in [0.29, 0.717) is 0 Å². The molecular formula is C56H39N3. The molecule has 0 aromatic heterocycles. The molecule has 0 bridgehead atoms. The van der Waals surface area contributed by atoms with Crippen LogP contribution in [0.2, 0.25) is 0 Å². The van der Waals surface area contributed by atoms with E-state index in [1.807, 2.05) is 6.07 Å². The van der Waals surface area contributed by atoms with Crippen LogP contribution in [0.4, 0.5) is 0 Å². The third-order valence-electron chi connectivity index (χ3n) is 12.8. The minimum atomic E-state index is -0.396. The first kappa shape index (κ1) is 33.8. The van der Waals surface area contributed by atoms with Crippen molar-refractivity contribution in [3.8, 4) is 44.5 Å². The Labute approximate surface area is 344 Å². The van der Waals surface area contributed by atoms with Crippen LogP contribution in [0.3, 0.4) is 0 Å². The van der Waals surface area contributed by atoms with Crippen LogP contribution in [0.25, 0.3) is 55.3 Å². The molecular weight excluding hydrogens is 715 g/mol. The van der Waals surface area contributed by atoms with Crippen LogP contribution in [-0.2, 0) is 5.41 Å². The minimum absolute atomic E-state index is 0.0941. The standard InChI is InChI=1S/C56H39N3/c1-3-17-38(18-4-1)53-57-54(39-19-5-2-6-20-39)59-55(58-53)40-32-30-37(31-33-40)51-41-21-8-7-16-36(41)34-35-45(51)44-25-15-29-50-52(44)46-24-11-14-28-49(46)56(50)47-26-12-9-22-42(47)43-23-10-13-27-48(43)56/h1-35,53,55,58H,(H,57,59). The van der Waals surface area contributed by atoms with Crippen LogP contribution in [-0.4, -0.2) is 5.84 Å². The van der Waals surface area contributed by atoms with Crippen molar-refractivity contribution in [1.82, 2.24) is 10.6 Å². The molecule has 1 aliphatic heterocycles. The number of nitrogens with zero attached hydrogens (tertiary/aromatic N) is 1. The monoisotopic (exact) mass is 753 g/mol. The first-order valence-electron chi connectivity index (χ1n) is 20.5. The van der Waals surface area contributed by atoms with Gasteiger partial charge in [0.15, 0.2) is 0 Å². The van der Waals surface area contributed by atoms with E-state index in [2.05, 4.69) is 217 Å². The molecule has 9 aromatic carbocycles. The maximum absolute atomic E-state index is 5.24. The minimum Gasteiger partial charge on any atom is -0.350 e. The van der Waals surface area contributed by atoms with Gasteiger partial charge >= 0.3 is 0 Å². The fourth-order valence-electron chi connectivity index (χ4n) is 10.3. The van der Waals surface area contributed by atoms with Crippen molar-refractivity contribution >= 4 is 16.6 Å². The molecule has 59 heavy (non-hydrogen) atoms. The molecule has 2 atom stereocenters. The summed E-state index contributed by atoms with van der Waals surface area (Å²) in [4.78, 5) is 5.24. The van der Waals surface area contributed by atoms with E-state index in [-0.39, 0.29) is 12.3 Å². The zero-order valence-corrected chi connectivity index (χ0v) is 32.3. The number of aliphatic imine (C=N–C) groups is 1. The zero-order chi connectivity index (χ0) is 38.9. The fraction of sp³-hybridized carbons (Fsp3) is 0.0536. The lowest BCUT2D eigenvalue weighted by Crippen LogP contribution is -2.44. The summed E-state index contributed by atoms with van der Waals surface area (Å²) in [7, 11) is 0. The van der Waals surface area contributed by atoms with Gasteiger partial charge in [-0.15, -0.1) is 0 Å². The molecule has 0 radical (unpaired) electrons. The van der Waals surface area contributed by atoms with E-state index >= 15 is 0 Å². The van der Waals surface area contributed by atoms with Gasteiger partial charge in [-0.05, 0) is 88.7 Å². The van der Waals surface area contributed by atoms with Crippen LogP contribution >= 0.6 is 0 Å². The number of hydrogen-bond acceptors (Lipinski definition) is 3. The number of benzene rings is 9. The molecule has 278 valence electrons. The van der Waals surface area contributed by atoms with E-state index in [9.17, 15) is 0 Å². The highest BCUT2D eigenvalue weighted by molar-refractivity contribution is 6.08. The summed E-state index contributed by atoms with van der Waals surface area (Å²) in [5.41, 5.74) is 18.5. The van der Waals surface area contributed by atoms with E-state index in [1.165, 1.54) is 83.1 Å². The van der Waals surface area contributed by atoms with Gasteiger partial charge in [-0.1, -0.05) is 212 Å². The molecule has 0 amide bonds. The average Bonchev–Trinajstić information content (AvgIpc) is 3.79. The molecule has 2 N–H and O–H groups in total. The summed E-state index contributed by atoms with van der Waals surface area (Å²) in [6.45, 7) is 0. The van der Waals surface area contributed by atoms with E-state index in [1.54, 1.807) is 0 Å². The Morgan fingerprint density at radius 1 is 0.373 bits per heavy atom. The zero-order valence-electron chi connectivity index (χ0n) is 32.3. The van der Waals surface area contributed by atoms with Crippen LogP contribution in [0.15, 0.2) is 217 Å². The molecule has 1 spiro atoms. The van der Waals surface area contributed by atoms with Crippen molar-refractivity contribution in [1.29, 1.82) is 0 Å². The fourth-order valence-corrected chi connectivity index (χ4v) is 10.3. The number of rotatable bonds is 5. The lowest BCUT2D eigenvalue weighted by atomic mass is 9.70. The van der Waals surface area contributed by atoms with Gasteiger partial charge in [0.2, 0.25) is 0 Å². The van der Waals surface area contributed by atoms with Crippen molar-refractivity contribution in [2.45, 2.75) is 17.7 Å². The number of hydrogen-bond donors (Lipinski definition) is 2. The normalized spacial score (nSPS) is 16.8. The second-order valence-electron chi connectivity index (χ2n) is 15.8. The van der Waals surface area contributed by atoms with Crippen molar-refractivity contribution in [2.24, 2.45) is 4.99 Å². The Balaban J connectivity index is 1.03. The van der Waals surface area contributed by atoms with E-state index in [4.69, 9.17) is 4.99 Å². The summed E-state index contributed by atoms with van der Waals surface area (Å²) >= 11 is 0. The Morgan fingerprint density at radius 3 is 1.66 bits per heavy atom. The van der Waals surface area contributed by atoms with Crippen LogP contribution in [0.5, 0.6) is 0 Å². The van der Waals surface area contributed by atoms with Gasteiger partial charge in [-0.3, -0.25) is 5.32 Å². The molecule has 3 nitrogen and oxygen atoms in total. The Bertz CT molecular complexity index is 3060. The highest BCUT2D eigenvalue weighted by Gasteiger charge is 2.52. The molecule has 0 saturated heterocycles. The third-order valence-corrected chi connectivity index (χ3v) is 12.8. The molecule has 3 heteroatoms. The van der Waals surface area contributed by atoms with E-state index < -0.39 is 5.41 Å². The van der Waals surface area contributed by atoms with Gasteiger partial charge < -0.3 is 5.32 Å². The summed E-state index contributed by atoms with van der Waals surface area (Å²) < 4.78 is 0. The third kappa shape index (κ3) is 5.08. The Morgan fingerprint density at radius 2 is 0.932 bits per heavy atom. The van der Waals surface area contributed by atoms with Crippen molar-refractivity contribution < 1.29 is 0 Å². The van der Waals surface area contributed by atoms with Gasteiger partial charge in [0, 0.05) is 5.56 Å². The topological polar surface area (TPSA) is 36.4 Å². The smallest absolute Gasteiger partial charge is 0.131 e. The van der Waals surface area contributed by atoms with Gasteiger partial charge in [-0.25, -0.2) is 4.99 Å². The largest absolute Gasteiger partial charge is 0.350 e. The second-order valence-corrected chi connectivity index (χ2v) is 15.8. The lowest BCUT2D eigenvalue weighted by molar-refractivity contribution is 0.409. The molecule has 9 aromatic rings. The quantitative estimate of drug-likeness (QED) is 0.184. The molecule has 1 heterocycles. The van der Waals surface area contributed by atoms with Crippen molar-refractivity contribution in [3.05, 3.63) is 251 Å². The SMILES string of the molecule is c1ccc(C2=NC(c3ccc(-c4c(-c5cccc6c5-c5ccccc5C65c6ccccc6-c6ccccc65)ccc5ccccc45)cc3)NC(c3ccccc3)N2)cc1. The van der Waals surface area contributed by atoms with Gasteiger partial charge in [0.1, 0.15) is 18.2 Å². The summed E-state index contributed by atoms with van der Waals surface area (Å²) in [5, 5.41) is 9.91. The maximum atomic E-state index is 5.24. The molecule has 3 aliphatic rings. The summed E-state index contributed by atoms with van der Waals surface area (Å²) in [5.74, 6) is 0.882. The van der Waals surface area contributed by atoms with Crippen LogP contribution in [0.1, 0.15) is 51.3 Å². The van der Waals surface area contributed by atoms with Gasteiger partial charge in [0.25, 0.3) is 0 Å². The molecule has 2 aliphatic carbocycles. The number of fused-ring (bicyclic) bond motifs is 11. The predicted octanol–water partition coefficient (Wildman–Crippen LogP) is 12.9. The van der Waals surface area contributed by atoms with E-state index in [0.717, 1.165) is 17.0 Å². The molecule has 0 fully saturated rings. The maximum Gasteiger partial charge on any atom is 0.131 e. The molecule has 2 unspecified atom stereocenters. The van der Waals surface area contributed by atoms with Crippen LogP contribution in [0, 0.1) is 0 Å². The van der Waals surface area contributed by atoms with Crippen LogP contribution < -0.4 is 10.6 Å². The average molecular weight is 754 g/mol. The number of amidine groups is 1. The first-order chi connectivity index (χ1) is 29.3. The number of nitrogens with one attached hydrogen (secondary N) is 2. The summed E-state index contributed by atoms with van der Waals surface area (Å²) in [6.07, 6.45) is -0.330. The Kier molecular flexibility index (Phi) is 7.66. The lowest BCUT2D eigenvalue weighted by Gasteiger charge is -2.32. The summed E-state index contributed by atoms with van der Waals surface area (Å²) in [6, 6.07) is 77.7. The highest BCUT2D eigenvalue weighted by Crippen LogP contribution is 2.64. The van der Waals surface area contributed by atoms with Crippen molar-refractivity contribution in [2.75, 3.05) is 0 Å². The van der Waals surface area contributed by atoms with Gasteiger partial charge in [0.05, 0.1) is 5.41 Å². The second kappa shape index (κ2) is 13.4. The highest BCUT2D eigenvalue weighted by atomic mass is 15.3.